The van der Waals surface area contributed by atoms with Crippen LogP contribution >= 0.6 is 0 Å². The van der Waals surface area contributed by atoms with E-state index in [1.165, 1.54) is 0 Å². The Bertz CT molecular complexity index is 1120. The molecule has 3 rings (SSSR count). The molecule has 3 aromatic rings. The third-order valence-electron chi connectivity index (χ3n) is 5.00. The number of hydrogen-bond acceptors (Lipinski definition) is 5. The molecule has 0 aliphatic carbocycles. The van der Waals surface area contributed by atoms with Crippen LogP contribution in [0, 0.1) is 25.2 Å². The van der Waals surface area contributed by atoms with E-state index in [0.717, 1.165) is 22.7 Å². The van der Waals surface area contributed by atoms with Crippen molar-refractivity contribution in [1.82, 2.24) is 4.57 Å². The summed E-state index contributed by atoms with van der Waals surface area (Å²) in [6, 6.07) is 20.9. The first kappa shape index (κ1) is 22.6. The quantitative estimate of drug-likeness (QED) is 0.403. The number of ether oxygens (including phenoxy) is 2. The summed E-state index contributed by atoms with van der Waals surface area (Å²) in [5.74, 6) is 0.111. The maximum atomic E-state index is 12.5. The molecule has 2 aromatic carbocycles. The Hall–Kier alpha value is -4.05. The van der Waals surface area contributed by atoms with Crippen molar-refractivity contribution in [2.45, 2.75) is 26.7 Å². The van der Waals surface area contributed by atoms with Gasteiger partial charge in [0.25, 0.3) is 5.91 Å². The smallest absolute Gasteiger partial charge is 0.306 e. The summed E-state index contributed by atoms with van der Waals surface area (Å²) in [6.45, 7) is 3.66. The lowest BCUT2D eigenvalue weighted by Gasteiger charge is -2.13. The lowest BCUT2D eigenvalue weighted by atomic mass is 10.2. The first-order valence-corrected chi connectivity index (χ1v) is 10.3. The zero-order chi connectivity index (χ0) is 22.9. The van der Waals surface area contributed by atoms with E-state index in [-0.39, 0.29) is 6.42 Å². The van der Waals surface area contributed by atoms with Gasteiger partial charge in [-0.3, -0.25) is 14.2 Å². The van der Waals surface area contributed by atoms with Gasteiger partial charge in [0, 0.05) is 17.8 Å². The molecule has 0 spiro atoms. The number of anilines is 1. The molecule has 1 heterocycles. The van der Waals surface area contributed by atoms with Crippen LogP contribution in [-0.4, -0.2) is 29.7 Å². The van der Waals surface area contributed by atoms with Crippen molar-refractivity contribution in [2.75, 3.05) is 18.5 Å². The summed E-state index contributed by atoms with van der Waals surface area (Å²) in [7, 11) is 0. The highest BCUT2D eigenvalue weighted by Gasteiger charge is 2.21. The Morgan fingerprint density at radius 1 is 1.03 bits per heavy atom. The van der Waals surface area contributed by atoms with Crippen LogP contribution in [0.1, 0.15) is 29.7 Å². The maximum absolute atomic E-state index is 12.5. The second-order valence-corrected chi connectivity index (χ2v) is 7.19. The number of esters is 1. The van der Waals surface area contributed by atoms with E-state index in [0.29, 0.717) is 24.4 Å². The summed E-state index contributed by atoms with van der Waals surface area (Å²) in [4.78, 5) is 24.4. The van der Waals surface area contributed by atoms with Crippen LogP contribution in [0.5, 0.6) is 5.75 Å². The van der Waals surface area contributed by atoms with Crippen LogP contribution in [-0.2, 0) is 14.3 Å². The minimum absolute atomic E-state index is 0.141. The molecule has 0 bridgehead atoms. The highest BCUT2D eigenvalue weighted by atomic mass is 16.5. The normalized spacial score (nSPS) is 10.3. The number of nitrogens with one attached hydrogen (secondary N) is 1. The molecule has 164 valence electrons. The Morgan fingerprint density at radius 2 is 1.69 bits per heavy atom. The second kappa shape index (κ2) is 10.8. The Labute approximate surface area is 187 Å². The van der Waals surface area contributed by atoms with Gasteiger partial charge in [0.1, 0.15) is 17.6 Å². The van der Waals surface area contributed by atoms with Gasteiger partial charge >= 0.3 is 5.97 Å². The van der Waals surface area contributed by atoms with Crippen LogP contribution in [0.25, 0.3) is 5.69 Å². The number of carbonyl (C=O) groups excluding carboxylic acids is 2. The van der Waals surface area contributed by atoms with Crippen molar-refractivity contribution in [3.05, 3.63) is 77.5 Å². The molecule has 0 atom stereocenters. The van der Waals surface area contributed by atoms with E-state index in [9.17, 15) is 14.9 Å². The third-order valence-corrected chi connectivity index (χ3v) is 5.00. The van der Waals surface area contributed by atoms with E-state index >= 15 is 0 Å². The number of aromatic nitrogens is 1. The van der Waals surface area contributed by atoms with E-state index in [1.54, 1.807) is 0 Å². The predicted molar refractivity (Wildman–Crippen MR) is 121 cm³/mol. The van der Waals surface area contributed by atoms with E-state index < -0.39 is 18.5 Å². The van der Waals surface area contributed by atoms with Gasteiger partial charge in [0.05, 0.1) is 12.2 Å². The van der Waals surface area contributed by atoms with Crippen molar-refractivity contribution in [3.8, 4) is 17.5 Å². The van der Waals surface area contributed by atoms with Gasteiger partial charge in [-0.15, -0.1) is 0 Å². The molecule has 1 aromatic heterocycles. The predicted octanol–water partition coefficient (Wildman–Crippen LogP) is 4.31. The zero-order valence-electron chi connectivity index (χ0n) is 18.1. The highest BCUT2D eigenvalue weighted by molar-refractivity contribution is 5.94. The van der Waals surface area contributed by atoms with Gasteiger partial charge in [0.2, 0.25) is 0 Å². The molecular formula is C25H25N3O4. The number of nitrogens with zero attached hydrogens (tertiary/aromatic N) is 2. The Morgan fingerprint density at radius 3 is 2.34 bits per heavy atom. The van der Waals surface area contributed by atoms with Crippen LogP contribution < -0.4 is 10.1 Å². The largest absolute Gasteiger partial charge is 0.494 e. The van der Waals surface area contributed by atoms with Crippen LogP contribution in [0.2, 0.25) is 0 Å². The van der Waals surface area contributed by atoms with E-state index in [4.69, 9.17) is 9.47 Å². The molecule has 0 saturated carbocycles. The molecular weight excluding hydrogens is 406 g/mol. The Balaban J connectivity index is 1.55. The molecule has 32 heavy (non-hydrogen) atoms. The van der Waals surface area contributed by atoms with Gasteiger partial charge in [-0.25, -0.2) is 0 Å². The number of hydrogen-bond donors (Lipinski definition) is 1. The minimum Gasteiger partial charge on any atom is -0.494 e. The molecule has 0 unspecified atom stereocenters. The van der Waals surface area contributed by atoms with Crippen LogP contribution in [0.3, 0.4) is 0 Å². The SMILES string of the molecule is Cc1c(C#N)c(NC(=O)COC(=O)CCCOc2ccccc2)n(-c2ccccc2)c1C. The monoisotopic (exact) mass is 431 g/mol. The first-order valence-electron chi connectivity index (χ1n) is 10.3. The van der Waals surface area contributed by atoms with Crippen molar-refractivity contribution in [1.29, 1.82) is 5.26 Å². The number of nitriles is 1. The van der Waals surface area contributed by atoms with Gasteiger partial charge in [0.15, 0.2) is 6.61 Å². The fourth-order valence-electron chi connectivity index (χ4n) is 3.27. The van der Waals surface area contributed by atoms with Gasteiger partial charge in [-0.05, 0) is 50.1 Å². The standard InChI is InChI=1S/C25H25N3O4/c1-18-19(2)28(20-10-5-3-6-11-20)25(22(18)16-26)27-23(29)17-32-24(30)14-9-15-31-21-12-7-4-8-13-21/h3-8,10-13H,9,14-15,17H2,1-2H3,(H,27,29). The average molecular weight is 431 g/mol. The van der Waals surface area contributed by atoms with Gasteiger partial charge in [-0.1, -0.05) is 36.4 Å². The van der Waals surface area contributed by atoms with Crippen molar-refractivity contribution < 1.29 is 19.1 Å². The minimum atomic E-state index is -0.509. The maximum Gasteiger partial charge on any atom is 0.306 e. The number of rotatable bonds is 9. The van der Waals surface area contributed by atoms with Crippen molar-refractivity contribution >= 4 is 17.7 Å². The van der Waals surface area contributed by atoms with Gasteiger partial charge < -0.3 is 14.8 Å². The first-order chi connectivity index (χ1) is 15.5. The van der Waals surface area contributed by atoms with Crippen molar-refractivity contribution in [3.63, 3.8) is 0 Å². The summed E-state index contributed by atoms with van der Waals surface area (Å²) < 4.78 is 12.4. The fraction of sp³-hybridized carbons (Fsp3) is 0.240. The lowest BCUT2D eigenvalue weighted by molar-refractivity contribution is -0.147. The number of para-hydroxylation sites is 2. The topological polar surface area (TPSA) is 93.3 Å². The average Bonchev–Trinajstić information content (AvgIpc) is 3.05. The van der Waals surface area contributed by atoms with Crippen LogP contribution in [0.15, 0.2) is 60.7 Å². The molecule has 0 aliphatic rings. The zero-order valence-corrected chi connectivity index (χ0v) is 18.1. The molecule has 0 fully saturated rings. The molecule has 7 nitrogen and oxygen atoms in total. The summed E-state index contributed by atoms with van der Waals surface area (Å²) in [5, 5.41) is 12.3. The number of amides is 1. The lowest BCUT2D eigenvalue weighted by Crippen LogP contribution is -2.23. The van der Waals surface area contributed by atoms with Crippen molar-refractivity contribution in [2.24, 2.45) is 0 Å². The molecule has 0 saturated heterocycles. The molecule has 7 heteroatoms. The fourth-order valence-corrected chi connectivity index (χ4v) is 3.27. The molecule has 0 radical (unpaired) electrons. The number of carbonyl (C=O) groups is 2. The van der Waals surface area contributed by atoms with E-state index in [2.05, 4.69) is 11.4 Å². The second-order valence-electron chi connectivity index (χ2n) is 7.19. The highest BCUT2D eigenvalue weighted by Crippen LogP contribution is 2.29. The van der Waals surface area contributed by atoms with Crippen LogP contribution in [0.4, 0.5) is 5.82 Å². The van der Waals surface area contributed by atoms with E-state index in [1.807, 2.05) is 79.1 Å². The third kappa shape index (κ3) is 5.55. The Kier molecular flexibility index (Phi) is 7.65. The summed E-state index contributed by atoms with van der Waals surface area (Å²) >= 11 is 0. The molecule has 0 aliphatic heterocycles. The number of benzene rings is 2. The summed E-state index contributed by atoms with van der Waals surface area (Å²) in [6.07, 6.45) is 0.616. The van der Waals surface area contributed by atoms with Gasteiger partial charge in [-0.2, -0.15) is 5.26 Å². The summed E-state index contributed by atoms with van der Waals surface area (Å²) in [5.41, 5.74) is 2.82. The molecule has 1 N–H and O–H groups in total. The molecule has 1 amide bonds.